The fourth-order valence-corrected chi connectivity index (χ4v) is 3.88. The van der Waals surface area contributed by atoms with Crippen molar-refractivity contribution in [3.8, 4) is 0 Å². The summed E-state index contributed by atoms with van der Waals surface area (Å²) in [6, 6.07) is 3.91. The molecule has 3 heterocycles. The number of aromatic nitrogens is 1. The van der Waals surface area contributed by atoms with Gasteiger partial charge in [0.25, 0.3) is 0 Å². The minimum absolute atomic E-state index is 0.00331. The lowest BCUT2D eigenvalue weighted by atomic mass is 9.88. The van der Waals surface area contributed by atoms with E-state index < -0.39 is 0 Å². The highest BCUT2D eigenvalue weighted by Crippen LogP contribution is 2.36. The number of nitrogens with zero attached hydrogens (tertiary/aromatic N) is 3. The molecule has 2 aliphatic heterocycles. The molecule has 1 aromatic rings. The van der Waals surface area contributed by atoms with E-state index in [1.54, 1.807) is 6.20 Å². The van der Waals surface area contributed by atoms with Gasteiger partial charge < -0.3 is 9.80 Å². The molecule has 1 aliphatic carbocycles. The average molecular weight is 313 g/mol. The van der Waals surface area contributed by atoms with Crippen molar-refractivity contribution in [3.05, 3.63) is 30.1 Å². The lowest BCUT2D eigenvalue weighted by Crippen LogP contribution is -2.44. The summed E-state index contributed by atoms with van der Waals surface area (Å²) in [4.78, 5) is 33.1. The van der Waals surface area contributed by atoms with E-state index in [9.17, 15) is 9.59 Å². The van der Waals surface area contributed by atoms with Crippen LogP contribution in [0.2, 0.25) is 0 Å². The molecule has 0 radical (unpaired) electrons. The van der Waals surface area contributed by atoms with Crippen LogP contribution in [0.3, 0.4) is 0 Å². The summed E-state index contributed by atoms with van der Waals surface area (Å²) in [6.45, 7) is 2.83. The van der Waals surface area contributed by atoms with Gasteiger partial charge in [0.2, 0.25) is 11.8 Å². The fourth-order valence-electron chi connectivity index (χ4n) is 3.88. The SMILES string of the molecule is O=C(CC1CC1)N1C[C@@H]2CCN(Cc3cccnc3)C(=O)[C@H]2C1. The van der Waals surface area contributed by atoms with Crippen molar-refractivity contribution >= 4 is 11.8 Å². The number of amides is 2. The zero-order valence-electron chi connectivity index (χ0n) is 13.4. The maximum atomic E-state index is 12.8. The van der Waals surface area contributed by atoms with Crippen molar-refractivity contribution in [2.75, 3.05) is 19.6 Å². The van der Waals surface area contributed by atoms with Crippen molar-refractivity contribution < 1.29 is 9.59 Å². The molecule has 122 valence electrons. The number of hydrogen-bond acceptors (Lipinski definition) is 3. The van der Waals surface area contributed by atoms with Crippen molar-refractivity contribution in [3.63, 3.8) is 0 Å². The van der Waals surface area contributed by atoms with Crippen molar-refractivity contribution in [2.45, 2.75) is 32.2 Å². The van der Waals surface area contributed by atoms with Crippen LogP contribution >= 0.6 is 0 Å². The Balaban J connectivity index is 1.39. The number of carbonyl (C=O) groups is 2. The molecule has 0 unspecified atom stereocenters. The van der Waals surface area contributed by atoms with E-state index in [1.807, 2.05) is 28.1 Å². The highest BCUT2D eigenvalue weighted by Gasteiger charge is 2.44. The summed E-state index contributed by atoms with van der Waals surface area (Å²) >= 11 is 0. The Morgan fingerprint density at radius 2 is 2.13 bits per heavy atom. The van der Waals surface area contributed by atoms with Crippen LogP contribution in [0.15, 0.2) is 24.5 Å². The first-order valence-corrected chi connectivity index (χ1v) is 8.66. The fraction of sp³-hybridized carbons (Fsp3) is 0.611. The largest absolute Gasteiger partial charge is 0.342 e. The molecule has 5 heteroatoms. The first-order valence-electron chi connectivity index (χ1n) is 8.66. The number of carbonyl (C=O) groups excluding carboxylic acids is 2. The van der Waals surface area contributed by atoms with E-state index in [2.05, 4.69) is 4.98 Å². The summed E-state index contributed by atoms with van der Waals surface area (Å²) in [7, 11) is 0. The van der Waals surface area contributed by atoms with Gasteiger partial charge in [0.05, 0.1) is 5.92 Å². The highest BCUT2D eigenvalue weighted by atomic mass is 16.2. The van der Waals surface area contributed by atoms with E-state index in [0.29, 0.717) is 31.3 Å². The molecule has 4 rings (SSSR count). The second-order valence-corrected chi connectivity index (χ2v) is 7.22. The summed E-state index contributed by atoms with van der Waals surface area (Å²) in [5.41, 5.74) is 1.07. The van der Waals surface area contributed by atoms with Crippen LogP contribution in [-0.4, -0.2) is 46.2 Å². The second kappa shape index (κ2) is 5.95. The van der Waals surface area contributed by atoms with Crippen LogP contribution in [0.25, 0.3) is 0 Å². The van der Waals surface area contributed by atoms with Gasteiger partial charge in [-0.25, -0.2) is 0 Å². The topological polar surface area (TPSA) is 53.5 Å². The van der Waals surface area contributed by atoms with Gasteiger partial charge in [0, 0.05) is 45.0 Å². The summed E-state index contributed by atoms with van der Waals surface area (Å²) in [5, 5.41) is 0. The van der Waals surface area contributed by atoms with Gasteiger partial charge in [-0.3, -0.25) is 14.6 Å². The van der Waals surface area contributed by atoms with Crippen LogP contribution in [0.5, 0.6) is 0 Å². The molecule has 0 bridgehead atoms. The molecule has 2 saturated heterocycles. The molecule has 0 N–H and O–H groups in total. The van der Waals surface area contributed by atoms with E-state index >= 15 is 0 Å². The average Bonchev–Trinajstić information content (AvgIpc) is 3.26. The van der Waals surface area contributed by atoms with Gasteiger partial charge >= 0.3 is 0 Å². The Hall–Kier alpha value is -1.91. The zero-order chi connectivity index (χ0) is 15.8. The normalized spacial score (nSPS) is 27.2. The minimum atomic E-state index is 0.00331. The Morgan fingerprint density at radius 3 is 2.87 bits per heavy atom. The maximum absolute atomic E-state index is 12.8. The Morgan fingerprint density at radius 1 is 1.26 bits per heavy atom. The molecule has 2 atom stereocenters. The molecular formula is C18H23N3O2. The molecule has 5 nitrogen and oxygen atoms in total. The Labute approximate surface area is 136 Å². The van der Waals surface area contributed by atoms with Gasteiger partial charge in [-0.15, -0.1) is 0 Å². The smallest absolute Gasteiger partial charge is 0.228 e. The summed E-state index contributed by atoms with van der Waals surface area (Å²) in [5.74, 6) is 1.45. The van der Waals surface area contributed by atoms with Crippen LogP contribution in [0, 0.1) is 17.8 Å². The molecule has 23 heavy (non-hydrogen) atoms. The number of rotatable bonds is 4. The molecule has 2 amide bonds. The number of likely N-dealkylation sites (tertiary alicyclic amines) is 2. The van der Waals surface area contributed by atoms with Crippen LogP contribution in [0.1, 0.15) is 31.2 Å². The second-order valence-electron chi connectivity index (χ2n) is 7.22. The van der Waals surface area contributed by atoms with Gasteiger partial charge in [-0.2, -0.15) is 0 Å². The third kappa shape index (κ3) is 3.09. The zero-order valence-corrected chi connectivity index (χ0v) is 13.4. The van der Waals surface area contributed by atoms with Crippen LogP contribution in [0.4, 0.5) is 0 Å². The number of fused-ring (bicyclic) bond motifs is 1. The Bertz CT molecular complexity index is 600. The lowest BCUT2D eigenvalue weighted by molar-refractivity contribution is -0.140. The molecular weight excluding hydrogens is 290 g/mol. The highest BCUT2D eigenvalue weighted by molar-refractivity contribution is 5.83. The van der Waals surface area contributed by atoms with Gasteiger partial charge in [-0.1, -0.05) is 6.07 Å². The number of hydrogen-bond donors (Lipinski definition) is 0. The van der Waals surface area contributed by atoms with Crippen LogP contribution in [-0.2, 0) is 16.1 Å². The first-order chi connectivity index (χ1) is 11.2. The third-order valence-electron chi connectivity index (χ3n) is 5.45. The minimum Gasteiger partial charge on any atom is -0.342 e. The maximum Gasteiger partial charge on any atom is 0.228 e. The predicted molar refractivity (Wildman–Crippen MR) is 85.2 cm³/mol. The summed E-state index contributed by atoms with van der Waals surface area (Å²) in [6.07, 6.45) is 7.66. The first kappa shape index (κ1) is 14.7. The van der Waals surface area contributed by atoms with Crippen molar-refractivity contribution in [1.82, 2.24) is 14.8 Å². The van der Waals surface area contributed by atoms with Gasteiger partial charge in [-0.05, 0) is 42.7 Å². The molecule has 3 aliphatic rings. The number of pyridine rings is 1. The lowest BCUT2D eigenvalue weighted by Gasteiger charge is -2.33. The summed E-state index contributed by atoms with van der Waals surface area (Å²) < 4.78 is 0. The number of piperidine rings is 1. The van der Waals surface area contributed by atoms with E-state index in [0.717, 1.165) is 25.1 Å². The molecule has 1 aromatic heterocycles. The quantitative estimate of drug-likeness (QED) is 0.850. The van der Waals surface area contributed by atoms with E-state index in [1.165, 1.54) is 12.8 Å². The van der Waals surface area contributed by atoms with Crippen LogP contribution < -0.4 is 0 Å². The van der Waals surface area contributed by atoms with Gasteiger partial charge in [0.15, 0.2) is 0 Å². The van der Waals surface area contributed by atoms with Crippen molar-refractivity contribution in [1.29, 1.82) is 0 Å². The molecule has 0 spiro atoms. The van der Waals surface area contributed by atoms with E-state index in [4.69, 9.17) is 0 Å². The standard InChI is InChI=1S/C18H23N3O2/c22-17(8-13-3-4-13)21-11-15-5-7-20(18(23)16(15)12-21)10-14-2-1-6-19-9-14/h1-2,6,9,13,15-16H,3-5,7-8,10-12H2/t15-,16-/m0/s1. The molecule has 0 aromatic carbocycles. The van der Waals surface area contributed by atoms with Gasteiger partial charge in [0.1, 0.15) is 0 Å². The Kier molecular flexibility index (Phi) is 3.79. The molecule has 1 saturated carbocycles. The molecule has 3 fully saturated rings. The predicted octanol–water partition coefficient (Wildman–Crippen LogP) is 1.69. The monoisotopic (exact) mass is 313 g/mol. The van der Waals surface area contributed by atoms with E-state index in [-0.39, 0.29) is 17.7 Å². The third-order valence-corrected chi connectivity index (χ3v) is 5.45. The van der Waals surface area contributed by atoms with Crippen molar-refractivity contribution in [2.24, 2.45) is 17.8 Å².